The maximum Gasteiger partial charge on any atom is 0.125 e. The molecule has 2 saturated heterocycles. The maximum atomic E-state index is 5.88. The third-order valence-corrected chi connectivity index (χ3v) is 4.13. The molecule has 0 radical (unpaired) electrons. The fraction of sp³-hybridized carbons (Fsp3) is 0.571. The van der Waals surface area contributed by atoms with Crippen LogP contribution in [0.5, 0.6) is 0 Å². The topological polar surface area (TPSA) is 25.1 Å². The first-order valence-electron chi connectivity index (χ1n) is 5.99. The summed E-state index contributed by atoms with van der Waals surface area (Å²) in [7, 11) is 0. The lowest BCUT2D eigenvalue weighted by molar-refractivity contribution is 0.119. The van der Waals surface area contributed by atoms with E-state index in [-0.39, 0.29) is 23.2 Å². The van der Waals surface area contributed by atoms with Gasteiger partial charge in [-0.3, -0.25) is 0 Å². The van der Waals surface area contributed by atoms with Gasteiger partial charge in [0.25, 0.3) is 0 Å². The summed E-state index contributed by atoms with van der Waals surface area (Å²) in [6.45, 7) is 7.44. The van der Waals surface area contributed by atoms with Crippen molar-refractivity contribution in [1.29, 1.82) is 0 Å². The highest BCUT2D eigenvalue weighted by atomic mass is 35.5. The van der Waals surface area contributed by atoms with Gasteiger partial charge in [0, 0.05) is 5.02 Å². The fourth-order valence-electron chi connectivity index (χ4n) is 2.47. The van der Waals surface area contributed by atoms with E-state index in [1.54, 1.807) is 0 Å². The number of hydrogen-bond donors (Lipinski definition) is 0. The fourth-order valence-corrected chi connectivity index (χ4v) is 2.60. The van der Waals surface area contributed by atoms with E-state index in [1.807, 2.05) is 24.3 Å². The van der Waals surface area contributed by atoms with Gasteiger partial charge in [-0.15, -0.1) is 0 Å². The van der Waals surface area contributed by atoms with Crippen LogP contribution in [0.4, 0.5) is 0 Å². The molecule has 0 amide bonds. The SMILES string of the molecule is CC(C)(C)[C@@]1([C@H]2O[C@@H]2c2ccc(Cl)cc2)CO1. The molecule has 0 aliphatic carbocycles. The van der Waals surface area contributed by atoms with Crippen molar-refractivity contribution >= 4 is 11.6 Å². The largest absolute Gasteiger partial charge is 0.366 e. The van der Waals surface area contributed by atoms with Crippen LogP contribution in [0.25, 0.3) is 0 Å². The van der Waals surface area contributed by atoms with Gasteiger partial charge in [0.2, 0.25) is 0 Å². The van der Waals surface area contributed by atoms with Gasteiger partial charge in [-0.25, -0.2) is 0 Å². The van der Waals surface area contributed by atoms with Crippen LogP contribution in [0.1, 0.15) is 32.4 Å². The van der Waals surface area contributed by atoms with E-state index in [1.165, 1.54) is 5.56 Å². The number of benzene rings is 1. The van der Waals surface area contributed by atoms with Crippen molar-refractivity contribution in [2.24, 2.45) is 5.41 Å². The summed E-state index contributed by atoms with van der Waals surface area (Å²) in [6.07, 6.45) is 0.373. The van der Waals surface area contributed by atoms with Gasteiger partial charge < -0.3 is 9.47 Å². The molecule has 0 bridgehead atoms. The Bertz CT molecular complexity index is 429. The molecule has 2 aliphatic heterocycles. The Kier molecular flexibility index (Phi) is 2.35. The minimum absolute atomic E-state index is 0.0860. The summed E-state index contributed by atoms with van der Waals surface area (Å²) in [6, 6.07) is 7.89. The number of epoxide rings is 2. The zero-order chi connectivity index (χ0) is 12.3. The van der Waals surface area contributed by atoms with Gasteiger partial charge in [-0.2, -0.15) is 0 Å². The molecule has 17 heavy (non-hydrogen) atoms. The zero-order valence-electron chi connectivity index (χ0n) is 10.4. The Hall–Kier alpha value is -0.570. The predicted molar refractivity (Wildman–Crippen MR) is 67.2 cm³/mol. The highest BCUT2D eigenvalue weighted by Gasteiger charge is 2.68. The van der Waals surface area contributed by atoms with E-state index in [9.17, 15) is 0 Å². The molecule has 0 aromatic heterocycles. The first kappa shape index (κ1) is 11.5. The summed E-state index contributed by atoms with van der Waals surface area (Å²) >= 11 is 5.88. The van der Waals surface area contributed by atoms with Crippen LogP contribution in [-0.2, 0) is 9.47 Å². The summed E-state index contributed by atoms with van der Waals surface area (Å²) in [5.41, 5.74) is 1.23. The summed E-state index contributed by atoms with van der Waals surface area (Å²) in [5.74, 6) is 0. The smallest absolute Gasteiger partial charge is 0.125 e. The molecule has 3 heteroatoms. The second-order valence-electron chi connectivity index (χ2n) is 5.96. The van der Waals surface area contributed by atoms with Gasteiger partial charge in [-0.05, 0) is 23.1 Å². The summed E-state index contributed by atoms with van der Waals surface area (Å²) < 4.78 is 11.5. The van der Waals surface area contributed by atoms with Crippen LogP contribution in [0.2, 0.25) is 5.02 Å². The van der Waals surface area contributed by atoms with Gasteiger partial charge in [0.1, 0.15) is 17.8 Å². The Morgan fingerprint density at radius 3 is 2.29 bits per heavy atom. The van der Waals surface area contributed by atoms with Crippen molar-refractivity contribution < 1.29 is 9.47 Å². The second kappa shape index (κ2) is 3.47. The van der Waals surface area contributed by atoms with E-state index in [2.05, 4.69) is 20.8 Å². The van der Waals surface area contributed by atoms with Crippen LogP contribution < -0.4 is 0 Å². The highest BCUT2D eigenvalue weighted by Crippen LogP contribution is 2.58. The molecule has 92 valence electrons. The molecule has 2 heterocycles. The Labute approximate surface area is 107 Å². The standard InChI is InChI=1S/C14H17ClO2/c1-13(2,3)14(8-16-14)12-11(17-12)9-4-6-10(15)7-5-9/h4-7,11-12H,8H2,1-3H3/t11-,12+,14+/m1/s1. The maximum absolute atomic E-state index is 5.88. The van der Waals surface area contributed by atoms with Crippen molar-refractivity contribution in [2.45, 2.75) is 38.6 Å². The molecule has 2 aliphatic rings. The lowest BCUT2D eigenvalue weighted by Crippen LogP contribution is -2.36. The van der Waals surface area contributed by atoms with Crippen LogP contribution in [-0.4, -0.2) is 18.3 Å². The zero-order valence-corrected chi connectivity index (χ0v) is 11.1. The lowest BCUT2D eigenvalue weighted by atomic mass is 9.77. The first-order chi connectivity index (χ1) is 7.94. The van der Waals surface area contributed by atoms with Crippen LogP contribution in [0, 0.1) is 5.41 Å². The molecule has 3 rings (SSSR count). The number of rotatable bonds is 2. The molecular formula is C14H17ClO2. The molecule has 2 fully saturated rings. The van der Waals surface area contributed by atoms with E-state index in [0.29, 0.717) is 0 Å². The van der Waals surface area contributed by atoms with Crippen LogP contribution in [0.15, 0.2) is 24.3 Å². The van der Waals surface area contributed by atoms with Crippen molar-refractivity contribution in [2.75, 3.05) is 6.61 Å². The third kappa shape index (κ3) is 1.79. The van der Waals surface area contributed by atoms with Crippen molar-refractivity contribution in [1.82, 2.24) is 0 Å². The van der Waals surface area contributed by atoms with E-state index in [0.717, 1.165) is 11.6 Å². The molecule has 0 unspecified atom stereocenters. The van der Waals surface area contributed by atoms with Crippen LogP contribution in [0.3, 0.4) is 0 Å². The minimum atomic E-state index is -0.0860. The van der Waals surface area contributed by atoms with E-state index >= 15 is 0 Å². The minimum Gasteiger partial charge on any atom is -0.366 e. The number of halogens is 1. The van der Waals surface area contributed by atoms with Gasteiger partial charge in [0.15, 0.2) is 0 Å². The summed E-state index contributed by atoms with van der Waals surface area (Å²) in [5, 5.41) is 0.763. The molecule has 0 spiro atoms. The van der Waals surface area contributed by atoms with E-state index < -0.39 is 0 Å². The normalized spacial score (nSPS) is 35.8. The first-order valence-corrected chi connectivity index (χ1v) is 6.37. The molecule has 3 atom stereocenters. The average molecular weight is 253 g/mol. The third-order valence-electron chi connectivity index (χ3n) is 3.87. The Morgan fingerprint density at radius 2 is 1.82 bits per heavy atom. The molecular weight excluding hydrogens is 236 g/mol. The van der Waals surface area contributed by atoms with Crippen molar-refractivity contribution in [3.63, 3.8) is 0 Å². The predicted octanol–water partition coefficient (Wildman–Crippen LogP) is 3.60. The van der Waals surface area contributed by atoms with Gasteiger partial charge in [-0.1, -0.05) is 44.5 Å². The molecule has 1 aromatic carbocycles. The Balaban J connectivity index is 1.77. The second-order valence-corrected chi connectivity index (χ2v) is 6.39. The van der Waals surface area contributed by atoms with Gasteiger partial charge in [0.05, 0.1) is 6.61 Å². The summed E-state index contributed by atoms with van der Waals surface area (Å²) in [4.78, 5) is 0. The lowest BCUT2D eigenvalue weighted by Gasteiger charge is -2.25. The quantitative estimate of drug-likeness (QED) is 0.752. The van der Waals surface area contributed by atoms with Crippen LogP contribution >= 0.6 is 11.6 Å². The number of hydrogen-bond acceptors (Lipinski definition) is 2. The highest BCUT2D eigenvalue weighted by molar-refractivity contribution is 6.30. The molecule has 0 saturated carbocycles. The van der Waals surface area contributed by atoms with Crippen molar-refractivity contribution in [3.05, 3.63) is 34.9 Å². The Morgan fingerprint density at radius 1 is 1.24 bits per heavy atom. The molecule has 2 nitrogen and oxygen atoms in total. The average Bonchev–Trinajstić information content (AvgIpc) is 3.11. The van der Waals surface area contributed by atoms with E-state index in [4.69, 9.17) is 21.1 Å². The molecule has 0 N–H and O–H groups in total. The monoisotopic (exact) mass is 252 g/mol. The molecule has 1 aromatic rings. The van der Waals surface area contributed by atoms with Gasteiger partial charge >= 0.3 is 0 Å². The van der Waals surface area contributed by atoms with Crippen molar-refractivity contribution in [3.8, 4) is 0 Å². The number of ether oxygens (including phenoxy) is 2.